The third-order valence-electron chi connectivity index (χ3n) is 5.76. The van der Waals surface area contributed by atoms with Crippen LogP contribution in [0.2, 0.25) is 0 Å². The standard InChI is InChI=1S/C23H17BrN2O2/c1-23(2)18-5-3-4-6-21(18)25-10-9-14-11-15(12-19(23)22(14)25)17-13-16(24)7-8-20(17)26(27)28/h3-13H,1-2H3. The van der Waals surface area contributed by atoms with Gasteiger partial charge in [0.2, 0.25) is 0 Å². The fourth-order valence-electron chi connectivity index (χ4n) is 4.37. The van der Waals surface area contributed by atoms with Crippen LogP contribution in [0, 0.1) is 10.1 Å². The van der Waals surface area contributed by atoms with E-state index >= 15 is 0 Å². The predicted molar refractivity (Wildman–Crippen MR) is 115 cm³/mol. The highest BCUT2D eigenvalue weighted by Crippen LogP contribution is 2.46. The second kappa shape index (κ2) is 5.79. The van der Waals surface area contributed by atoms with Crippen LogP contribution in [0.5, 0.6) is 0 Å². The predicted octanol–water partition coefficient (Wildman–Crippen LogP) is 6.61. The Morgan fingerprint density at radius 1 is 1.00 bits per heavy atom. The number of aromatic nitrogens is 1. The molecule has 4 aromatic rings. The van der Waals surface area contributed by atoms with Crippen LogP contribution in [-0.2, 0) is 5.41 Å². The molecule has 2 heterocycles. The van der Waals surface area contributed by atoms with Crippen molar-refractivity contribution in [1.29, 1.82) is 0 Å². The average Bonchev–Trinajstić information content (AvgIpc) is 3.10. The SMILES string of the molecule is CC1(C)c2ccccc2-n2ccc3cc(-c4cc(Br)ccc4[N+](=O)[O-])cc1c32. The molecule has 0 bridgehead atoms. The van der Waals surface area contributed by atoms with Crippen LogP contribution in [0.1, 0.15) is 25.0 Å². The summed E-state index contributed by atoms with van der Waals surface area (Å²) in [5, 5.41) is 12.7. The number of benzene rings is 3. The first-order valence-electron chi connectivity index (χ1n) is 9.08. The molecule has 28 heavy (non-hydrogen) atoms. The van der Waals surface area contributed by atoms with Gasteiger partial charge in [0.1, 0.15) is 0 Å². The van der Waals surface area contributed by atoms with Gasteiger partial charge in [-0.15, -0.1) is 0 Å². The Balaban J connectivity index is 1.86. The van der Waals surface area contributed by atoms with Gasteiger partial charge in [0.15, 0.2) is 0 Å². The monoisotopic (exact) mass is 432 g/mol. The minimum absolute atomic E-state index is 0.114. The molecule has 5 rings (SSSR count). The Hall–Kier alpha value is -2.92. The summed E-state index contributed by atoms with van der Waals surface area (Å²) < 4.78 is 3.05. The summed E-state index contributed by atoms with van der Waals surface area (Å²) in [5.41, 5.74) is 6.18. The van der Waals surface area contributed by atoms with E-state index in [9.17, 15) is 10.1 Å². The van der Waals surface area contributed by atoms with Gasteiger partial charge < -0.3 is 4.57 Å². The molecule has 0 N–H and O–H groups in total. The van der Waals surface area contributed by atoms with Gasteiger partial charge in [-0.05, 0) is 53.1 Å². The Labute approximate surface area is 170 Å². The number of hydrogen-bond donors (Lipinski definition) is 0. The number of hydrogen-bond acceptors (Lipinski definition) is 2. The van der Waals surface area contributed by atoms with Crippen molar-refractivity contribution in [2.45, 2.75) is 19.3 Å². The van der Waals surface area contributed by atoms with Crippen molar-refractivity contribution in [2.75, 3.05) is 0 Å². The number of nitrogens with zero attached hydrogens (tertiary/aromatic N) is 2. The van der Waals surface area contributed by atoms with E-state index in [-0.39, 0.29) is 16.0 Å². The number of nitro groups is 1. The molecule has 0 spiro atoms. The van der Waals surface area contributed by atoms with Crippen LogP contribution in [0.25, 0.3) is 27.7 Å². The lowest BCUT2D eigenvalue weighted by Gasteiger charge is -2.34. The van der Waals surface area contributed by atoms with Crippen LogP contribution in [-0.4, -0.2) is 9.49 Å². The zero-order chi connectivity index (χ0) is 19.6. The van der Waals surface area contributed by atoms with Crippen molar-refractivity contribution in [1.82, 2.24) is 4.57 Å². The molecule has 0 saturated heterocycles. The van der Waals surface area contributed by atoms with E-state index in [0.717, 1.165) is 15.4 Å². The van der Waals surface area contributed by atoms with Crippen molar-refractivity contribution >= 4 is 32.5 Å². The summed E-state index contributed by atoms with van der Waals surface area (Å²) in [5.74, 6) is 0. The fourth-order valence-corrected chi connectivity index (χ4v) is 4.73. The highest BCUT2D eigenvalue weighted by molar-refractivity contribution is 9.10. The molecule has 1 aliphatic rings. The van der Waals surface area contributed by atoms with Crippen LogP contribution >= 0.6 is 15.9 Å². The summed E-state index contributed by atoms with van der Waals surface area (Å²) in [4.78, 5) is 11.3. The first kappa shape index (κ1) is 17.2. The molecule has 138 valence electrons. The molecule has 0 saturated carbocycles. The molecule has 4 nitrogen and oxygen atoms in total. The summed E-state index contributed by atoms with van der Waals surface area (Å²) >= 11 is 3.46. The molecule has 0 unspecified atom stereocenters. The molecule has 1 aliphatic heterocycles. The number of rotatable bonds is 2. The number of nitro benzene ring substituents is 1. The van der Waals surface area contributed by atoms with E-state index in [0.29, 0.717) is 5.56 Å². The first-order chi connectivity index (χ1) is 13.4. The van der Waals surface area contributed by atoms with E-state index in [4.69, 9.17) is 0 Å². The molecule has 5 heteroatoms. The van der Waals surface area contributed by atoms with Gasteiger partial charge in [-0.25, -0.2) is 0 Å². The maximum absolute atomic E-state index is 11.6. The van der Waals surface area contributed by atoms with Crippen molar-refractivity contribution in [3.63, 3.8) is 0 Å². The van der Waals surface area contributed by atoms with Gasteiger partial charge in [-0.3, -0.25) is 10.1 Å². The third kappa shape index (κ3) is 2.29. The molecular weight excluding hydrogens is 416 g/mol. The summed E-state index contributed by atoms with van der Waals surface area (Å²) in [6.45, 7) is 4.44. The normalized spacial score (nSPS) is 14.1. The van der Waals surface area contributed by atoms with E-state index in [1.54, 1.807) is 12.1 Å². The molecule has 0 atom stereocenters. The van der Waals surface area contributed by atoms with Crippen LogP contribution in [0.3, 0.4) is 0 Å². The van der Waals surface area contributed by atoms with Gasteiger partial charge in [0.05, 0.1) is 16.0 Å². The third-order valence-corrected chi connectivity index (χ3v) is 6.25. The topological polar surface area (TPSA) is 48.1 Å². The molecule has 3 aromatic carbocycles. The first-order valence-corrected chi connectivity index (χ1v) is 9.87. The van der Waals surface area contributed by atoms with Crippen molar-refractivity contribution in [3.8, 4) is 16.8 Å². The molecule has 0 aliphatic carbocycles. The van der Waals surface area contributed by atoms with E-state index in [1.807, 2.05) is 12.1 Å². The molecule has 0 radical (unpaired) electrons. The number of halogens is 1. The van der Waals surface area contributed by atoms with Gasteiger partial charge in [0.25, 0.3) is 5.69 Å². The van der Waals surface area contributed by atoms with Crippen molar-refractivity contribution in [3.05, 3.63) is 92.6 Å². The van der Waals surface area contributed by atoms with Crippen molar-refractivity contribution < 1.29 is 4.92 Å². The van der Waals surface area contributed by atoms with E-state index < -0.39 is 0 Å². The van der Waals surface area contributed by atoms with Crippen LogP contribution in [0.4, 0.5) is 5.69 Å². The van der Waals surface area contributed by atoms with E-state index in [1.165, 1.54) is 22.3 Å². The van der Waals surface area contributed by atoms with Gasteiger partial charge in [-0.2, -0.15) is 0 Å². The van der Waals surface area contributed by atoms with Gasteiger partial charge >= 0.3 is 0 Å². The second-order valence-electron chi connectivity index (χ2n) is 7.71. The summed E-state index contributed by atoms with van der Waals surface area (Å²) in [6.07, 6.45) is 2.08. The number of fused-ring (bicyclic) bond motifs is 2. The zero-order valence-corrected chi connectivity index (χ0v) is 17.0. The lowest BCUT2D eigenvalue weighted by Crippen LogP contribution is -2.26. The summed E-state index contributed by atoms with van der Waals surface area (Å²) in [6, 6.07) is 19.8. The zero-order valence-electron chi connectivity index (χ0n) is 15.4. The van der Waals surface area contributed by atoms with Crippen LogP contribution < -0.4 is 0 Å². The van der Waals surface area contributed by atoms with Gasteiger partial charge in [0, 0.05) is 33.2 Å². The molecule has 1 aromatic heterocycles. The van der Waals surface area contributed by atoms with Crippen molar-refractivity contribution in [2.24, 2.45) is 0 Å². The largest absolute Gasteiger partial charge is 0.316 e. The molecule has 0 fully saturated rings. The lowest BCUT2D eigenvalue weighted by molar-refractivity contribution is -0.384. The quantitative estimate of drug-likeness (QED) is 0.264. The van der Waals surface area contributed by atoms with E-state index in [2.05, 4.69) is 76.9 Å². The lowest BCUT2D eigenvalue weighted by atomic mass is 9.74. The second-order valence-corrected chi connectivity index (χ2v) is 8.62. The Kier molecular flexibility index (Phi) is 3.55. The molecular formula is C23H17BrN2O2. The maximum Gasteiger partial charge on any atom is 0.277 e. The maximum atomic E-state index is 11.6. The Morgan fingerprint density at radius 3 is 2.57 bits per heavy atom. The smallest absolute Gasteiger partial charge is 0.277 e. The fraction of sp³-hybridized carbons (Fsp3) is 0.130. The molecule has 0 amide bonds. The highest BCUT2D eigenvalue weighted by atomic mass is 79.9. The number of para-hydroxylation sites is 1. The Morgan fingerprint density at radius 2 is 1.79 bits per heavy atom. The Bertz CT molecular complexity index is 1290. The summed E-state index contributed by atoms with van der Waals surface area (Å²) in [7, 11) is 0. The highest BCUT2D eigenvalue weighted by Gasteiger charge is 2.34. The van der Waals surface area contributed by atoms with Crippen LogP contribution in [0.15, 0.2) is 71.3 Å². The minimum Gasteiger partial charge on any atom is -0.316 e. The average molecular weight is 433 g/mol. The minimum atomic E-state index is -0.316. The van der Waals surface area contributed by atoms with Gasteiger partial charge in [-0.1, -0.05) is 48.0 Å².